The Bertz CT molecular complexity index is 647. The lowest BCUT2D eigenvalue weighted by Gasteiger charge is -2.08. The van der Waals surface area contributed by atoms with E-state index in [2.05, 4.69) is 4.98 Å². The van der Waals surface area contributed by atoms with E-state index in [1.54, 1.807) is 30.3 Å². The van der Waals surface area contributed by atoms with Crippen LogP contribution in [0.15, 0.2) is 42.6 Å². The van der Waals surface area contributed by atoms with Gasteiger partial charge in [0.25, 0.3) is 0 Å². The SMILES string of the molecule is N#Cc1ccnc(Oc2ccccc2CC(=O)O)c1. The van der Waals surface area contributed by atoms with Crippen molar-refractivity contribution in [2.24, 2.45) is 0 Å². The van der Waals surface area contributed by atoms with Gasteiger partial charge in [-0.3, -0.25) is 4.79 Å². The number of aromatic nitrogens is 1. The molecule has 0 unspecified atom stereocenters. The summed E-state index contributed by atoms with van der Waals surface area (Å²) in [5, 5.41) is 17.6. The van der Waals surface area contributed by atoms with E-state index in [-0.39, 0.29) is 12.3 Å². The van der Waals surface area contributed by atoms with E-state index < -0.39 is 5.97 Å². The largest absolute Gasteiger partial charge is 0.481 e. The van der Waals surface area contributed by atoms with E-state index in [1.807, 2.05) is 6.07 Å². The number of rotatable bonds is 4. The van der Waals surface area contributed by atoms with Gasteiger partial charge in [0.15, 0.2) is 0 Å². The van der Waals surface area contributed by atoms with E-state index in [0.717, 1.165) is 0 Å². The average molecular weight is 254 g/mol. The number of carboxylic acids is 1. The van der Waals surface area contributed by atoms with Gasteiger partial charge in [-0.1, -0.05) is 18.2 Å². The molecule has 0 amide bonds. The molecule has 1 N–H and O–H groups in total. The summed E-state index contributed by atoms with van der Waals surface area (Å²) in [4.78, 5) is 14.7. The van der Waals surface area contributed by atoms with Gasteiger partial charge in [0, 0.05) is 17.8 Å². The Balaban J connectivity index is 2.27. The van der Waals surface area contributed by atoms with Crippen molar-refractivity contribution < 1.29 is 14.6 Å². The molecule has 0 saturated carbocycles. The summed E-state index contributed by atoms with van der Waals surface area (Å²) in [5.41, 5.74) is 0.986. The number of hydrogen-bond acceptors (Lipinski definition) is 4. The minimum absolute atomic E-state index is 0.131. The molecule has 1 aromatic heterocycles. The first-order valence-corrected chi connectivity index (χ1v) is 5.53. The quantitative estimate of drug-likeness (QED) is 0.905. The molecule has 2 rings (SSSR count). The maximum Gasteiger partial charge on any atom is 0.307 e. The molecule has 0 fully saturated rings. The zero-order valence-electron chi connectivity index (χ0n) is 9.91. The van der Waals surface area contributed by atoms with Crippen LogP contribution >= 0.6 is 0 Å². The monoisotopic (exact) mass is 254 g/mol. The van der Waals surface area contributed by atoms with E-state index in [9.17, 15) is 4.79 Å². The topological polar surface area (TPSA) is 83.2 Å². The van der Waals surface area contributed by atoms with Crippen LogP contribution in [0.5, 0.6) is 11.6 Å². The van der Waals surface area contributed by atoms with Gasteiger partial charge in [0.1, 0.15) is 5.75 Å². The third-order valence-corrected chi connectivity index (χ3v) is 2.39. The maximum absolute atomic E-state index is 10.8. The maximum atomic E-state index is 10.8. The number of aliphatic carboxylic acids is 1. The second-order valence-corrected chi connectivity index (χ2v) is 3.77. The van der Waals surface area contributed by atoms with Gasteiger partial charge < -0.3 is 9.84 Å². The molecule has 0 atom stereocenters. The van der Waals surface area contributed by atoms with Crippen LogP contribution in [0.2, 0.25) is 0 Å². The number of carboxylic acid groups (broad SMARTS) is 1. The van der Waals surface area contributed by atoms with Crippen LogP contribution in [0.1, 0.15) is 11.1 Å². The Morgan fingerprint density at radius 1 is 1.37 bits per heavy atom. The number of nitriles is 1. The molecular formula is C14H10N2O3. The molecule has 2 aromatic rings. The average Bonchev–Trinajstić information content (AvgIpc) is 2.41. The summed E-state index contributed by atoms with van der Waals surface area (Å²) in [6, 6.07) is 11.9. The number of para-hydroxylation sites is 1. The smallest absolute Gasteiger partial charge is 0.307 e. The number of benzene rings is 1. The van der Waals surface area contributed by atoms with Gasteiger partial charge in [0.05, 0.1) is 18.1 Å². The minimum Gasteiger partial charge on any atom is -0.481 e. The van der Waals surface area contributed by atoms with Gasteiger partial charge in [0.2, 0.25) is 5.88 Å². The Hall–Kier alpha value is -2.87. The van der Waals surface area contributed by atoms with Crippen LogP contribution in [0.25, 0.3) is 0 Å². The summed E-state index contributed by atoms with van der Waals surface area (Å²) < 4.78 is 5.53. The third kappa shape index (κ3) is 3.30. The summed E-state index contributed by atoms with van der Waals surface area (Å²) in [6.07, 6.45) is 1.34. The molecular weight excluding hydrogens is 244 g/mol. The van der Waals surface area contributed by atoms with Crippen molar-refractivity contribution in [3.8, 4) is 17.7 Å². The molecule has 5 heteroatoms. The molecule has 0 bridgehead atoms. The lowest BCUT2D eigenvalue weighted by atomic mass is 10.1. The standard InChI is InChI=1S/C14H10N2O3/c15-9-10-5-6-16-13(7-10)19-12-4-2-1-3-11(12)8-14(17)18/h1-7H,8H2,(H,17,18). The number of ether oxygens (including phenoxy) is 1. The summed E-state index contributed by atoms with van der Waals surface area (Å²) in [5.74, 6) is -0.251. The van der Waals surface area contributed by atoms with Crippen molar-refractivity contribution in [2.75, 3.05) is 0 Å². The second kappa shape index (κ2) is 5.65. The van der Waals surface area contributed by atoms with Crippen LogP contribution in [0, 0.1) is 11.3 Å². The van der Waals surface area contributed by atoms with E-state index in [4.69, 9.17) is 15.1 Å². The van der Waals surface area contributed by atoms with E-state index in [1.165, 1.54) is 12.3 Å². The number of nitrogens with zero attached hydrogens (tertiary/aromatic N) is 2. The highest BCUT2D eigenvalue weighted by atomic mass is 16.5. The highest BCUT2D eigenvalue weighted by Gasteiger charge is 2.09. The van der Waals surface area contributed by atoms with Gasteiger partial charge >= 0.3 is 5.97 Å². The van der Waals surface area contributed by atoms with Crippen molar-refractivity contribution in [3.63, 3.8) is 0 Å². The number of hydrogen-bond donors (Lipinski definition) is 1. The van der Waals surface area contributed by atoms with Gasteiger partial charge in [-0.2, -0.15) is 5.26 Å². The second-order valence-electron chi connectivity index (χ2n) is 3.77. The van der Waals surface area contributed by atoms with E-state index >= 15 is 0 Å². The van der Waals surface area contributed by atoms with E-state index in [0.29, 0.717) is 16.9 Å². The molecule has 0 aliphatic rings. The minimum atomic E-state index is -0.935. The first-order chi connectivity index (χ1) is 9.19. The first-order valence-electron chi connectivity index (χ1n) is 5.53. The predicted octanol–water partition coefficient (Wildman–Crippen LogP) is 2.37. The fourth-order valence-electron chi connectivity index (χ4n) is 1.56. The lowest BCUT2D eigenvalue weighted by Crippen LogP contribution is -2.02. The summed E-state index contributed by atoms with van der Waals surface area (Å²) >= 11 is 0. The van der Waals surface area contributed by atoms with Crippen molar-refractivity contribution in [1.29, 1.82) is 5.26 Å². The molecule has 19 heavy (non-hydrogen) atoms. The van der Waals surface area contributed by atoms with Crippen molar-refractivity contribution in [3.05, 3.63) is 53.7 Å². The summed E-state index contributed by atoms with van der Waals surface area (Å²) in [6.45, 7) is 0. The molecule has 1 aromatic carbocycles. The molecule has 94 valence electrons. The molecule has 0 radical (unpaired) electrons. The van der Waals surface area contributed by atoms with Crippen LogP contribution in [-0.2, 0) is 11.2 Å². The lowest BCUT2D eigenvalue weighted by molar-refractivity contribution is -0.136. The highest BCUT2D eigenvalue weighted by molar-refractivity contribution is 5.71. The van der Waals surface area contributed by atoms with Crippen LogP contribution in [-0.4, -0.2) is 16.1 Å². The molecule has 0 aliphatic carbocycles. The Kier molecular flexibility index (Phi) is 3.74. The fourth-order valence-corrected chi connectivity index (χ4v) is 1.56. The van der Waals surface area contributed by atoms with Gasteiger partial charge in [-0.15, -0.1) is 0 Å². The molecule has 0 aliphatic heterocycles. The molecule has 0 spiro atoms. The fraction of sp³-hybridized carbons (Fsp3) is 0.0714. The first kappa shape index (κ1) is 12.6. The van der Waals surface area contributed by atoms with Gasteiger partial charge in [-0.25, -0.2) is 4.98 Å². The van der Waals surface area contributed by atoms with Gasteiger partial charge in [-0.05, 0) is 12.1 Å². The van der Waals surface area contributed by atoms with Crippen molar-refractivity contribution >= 4 is 5.97 Å². The van der Waals surface area contributed by atoms with Crippen LogP contribution in [0.4, 0.5) is 0 Å². The number of carbonyl (C=O) groups is 1. The molecule has 1 heterocycles. The zero-order chi connectivity index (χ0) is 13.7. The summed E-state index contributed by atoms with van der Waals surface area (Å²) in [7, 11) is 0. The van der Waals surface area contributed by atoms with Crippen LogP contribution in [0.3, 0.4) is 0 Å². The Labute approximate surface area is 109 Å². The predicted molar refractivity (Wildman–Crippen MR) is 66.8 cm³/mol. The Morgan fingerprint density at radius 3 is 2.89 bits per heavy atom. The zero-order valence-corrected chi connectivity index (χ0v) is 9.91. The van der Waals surface area contributed by atoms with Crippen molar-refractivity contribution in [2.45, 2.75) is 6.42 Å². The molecule has 0 saturated heterocycles. The third-order valence-electron chi connectivity index (χ3n) is 2.39. The van der Waals surface area contributed by atoms with Crippen LogP contribution < -0.4 is 4.74 Å². The normalized spacial score (nSPS) is 9.63. The Morgan fingerprint density at radius 2 is 2.16 bits per heavy atom. The number of pyridine rings is 1. The highest BCUT2D eigenvalue weighted by Crippen LogP contribution is 2.24. The molecule has 5 nitrogen and oxygen atoms in total. The van der Waals surface area contributed by atoms with Crippen molar-refractivity contribution in [1.82, 2.24) is 4.98 Å².